The fraction of sp³-hybridized carbons (Fsp3) is 0.364. The Morgan fingerprint density at radius 2 is 2.26 bits per heavy atom. The van der Waals surface area contributed by atoms with Crippen molar-refractivity contribution in [3.8, 4) is 0 Å². The molecule has 2 aliphatic rings. The smallest absolute Gasteiger partial charge is 0.322 e. The summed E-state index contributed by atoms with van der Waals surface area (Å²) < 4.78 is 0.753. The molecule has 1 unspecified atom stereocenters. The molecule has 2 N–H and O–H groups in total. The Labute approximate surface area is 121 Å². The quantitative estimate of drug-likeness (QED) is 0.744. The number of nitrogens with zero attached hydrogens (tertiary/aromatic N) is 1. The molecule has 2 fully saturated rings. The largest absolute Gasteiger partial charge is 0.335 e. The number of halogens is 1. The third kappa shape index (κ3) is 1.95. The summed E-state index contributed by atoms with van der Waals surface area (Å²) in [6.45, 7) is 0.671. The summed E-state index contributed by atoms with van der Waals surface area (Å²) in [5.41, 5.74) is -0.948. The van der Waals surface area contributed by atoms with Gasteiger partial charge < -0.3 is 10.2 Å². The minimum Gasteiger partial charge on any atom is -0.335 e. The van der Waals surface area contributed by atoms with E-state index < -0.39 is 11.6 Å². The lowest BCUT2D eigenvalue weighted by Crippen LogP contribution is -2.49. The van der Waals surface area contributed by atoms with E-state index in [1.165, 1.54) is 11.3 Å². The van der Waals surface area contributed by atoms with E-state index in [0.717, 1.165) is 4.47 Å². The Balaban J connectivity index is 1.80. The number of urea groups is 1. The van der Waals surface area contributed by atoms with Gasteiger partial charge in [0.05, 0.1) is 6.54 Å². The van der Waals surface area contributed by atoms with Gasteiger partial charge in [0.25, 0.3) is 11.8 Å². The van der Waals surface area contributed by atoms with Gasteiger partial charge in [0, 0.05) is 11.0 Å². The van der Waals surface area contributed by atoms with Crippen molar-refractivity contribution in [1.82, 2.24) is 15.5 Å². The van der Waals surface area contributed by atoms with Gasteiger partial charge in [-0.2, -0.15) is 0 Å². The molecule has 0 saturated carbocycles. The van der Waals surface area contributed by atoms with Crippen molar-refractivity contribution in [2.75, 3.05) is 13.1 Å². The van der Waals surface area contributed by atoms with E-state index >= 15 is 0 Å². The number of likely N-dealkylation sites (tertiary alicyclic amines) is 1. The van der Waals surface area contributed by atoms with Crippen LogP contribution in [0.5, 0.6) is 0 Å². The molecule has 0 aromatic carbocycles. The van der Waals surface area contributed by atoms with E-state index in [0.29, 0.717) is 17.8 Å². The van der Waals surface area contributed by atoms with Crippen molar-refractivity contribution >= 4 is 45.1 Å². The van der Waals surface area contributed by atoms with Crippen LogP contribution in [0.4, 0.5) is 4.79 Å². The van der Waals surface area contributed by atoms with Gasteiger partial charge in [-0.25, -0.2) is 4.79 Å². The van der Waals surface area contributed by atoms with Crippen LogP contribution in [-0.4, -0.2) is 41.4 Å². The number of carbonyl (C=O) groups is 3. The molecule has 4 amide bonds. The molecule has 1 atom stereocenters. The van der Waals surface area contributed by atoms with Crippen LogP contribution in [0, 0.1) is 0 Å². The van der Waals surface area contributed by atoms with Crippen molar-refractivity contribution in [1.29, 1.82) is 0 Å². The third-order valence-corrected chi connectivity index (χ3v) is 5.21. The summed E-state index contributed by atoms with van der Waals surface area (Å²) in [7, 11) is 0. The predicted molar refractivity (Wildman–Crippen MR) is 71.9 cm³/mol. The molecule has 19 heavy (non-hydrogen) atoms. The fourth-order valence-corrected chi connectivity index (χ4v) is 3.90. The van der Waals surface area contributed by atoms with Crippen molar-refractivity contribution in [2.24, 2.45) is 0 Å². The van der Waals surface area contributed by atoms with E-state index in [2.05, 4.69) is 26.6 Å². The highest BCUT2D eigenvalue weighted by Gasteiger charge is 2.51. The number of imide groups is 1. The minimum absolute atomic E-state index is 0.118. The molecule has 3 heterocycles. The monoisotopic (exact) mass is 343 g/mol. The average Bonchev–Trinajstić information content (AvgIpc) is 3.01. The Morgan fingerprint density at radius 1 is 1.47 bits per heavy atom. The zero-order valence-electron chi connectivity index (χ0n) is 9.73. The molecule has 1 spiro atoms. The van der Waals surface area contributed by atoms with E-state index in [9.17, 15) is 14.4 Å². The number of hydrogen-bond acceptors (Lipinski definition) is 4. The first-order valence-corrected chi connectivity index (χ1v) is 7.35. The molecule has 2 aliphatic heterocycles. The number of nitrogens with one attached hydrogen (secondary N) is 2. The predicted octanol–water partition coefficient (Wildman–Crippen LogP) is 0.935. The SMILES string of the molecule is O=C1NC(=O)C2(CCN(C(=O)c3sccc3Br)C2)N1. The maximum absolute atomic E-state index is 12.3. The molecule has 6 nitrogen and oxygen atoms in total. The van der Waals surface area contributed by atoms with E-state index in [1.54, 1.807) is 4.90 Å². The summed E-state index contributed by atoms with van der Waals surface area (Å²) in [6, 6.07) is 1.32. The summed E-state index contributed by atoms with van der Waals surface area (Å²) in [6.07, 6.45) is 0.444. The number of carbonyl (C=O) groups excluding carboxylic acids is 3. The van der Waals surface area contributed by atoms with Crippen LogP contribution in [0.25, 0.3) is 0 Å². The van der Waals surface area contributed by atoms with Crippen molar-refractivity contribution in [2.45, 2.75) is 12.0 Å². The molecule has 1 aromatic heterocycles. The van der Waals surface area contributed by atoms with Gasteiger partial charge in [0.1, 0.15) is 10.4 Å². The molecule has 1 aromatic rings. The molecule has 2 saturated heterocycles. The van der Waals surface area contributed by atoms with Crippen LogP contribution in [0.3, 0.4) is 0 Å². The number of hydrogen-bond donors (Lipinski definition) is 2. The van der Waals surface area contributed by atoms with Crippen molar-refractivity contribution in [3.05, 3.63) is 20.8 Å². The first-order chi connectivity index (χ1) is 9.02. The molecule has 0 radical (unpaired) electrons. The van der Waals surface area contributed by atoms with E-state index in [4.69, 9.17) is 0 Å². The lowest BCUT2D eigenvalue weighted by Gasteiger charge is -2.20. The lowest BCUT2D eigenvalue weighted by molar-refractivity contribution is -0.123. The highest BCUT2D eigenvalue weighted by Crippen LogP contribution is 2.29. The number of thiophene rings is 1. The van der Waals surface area contributed by atoms with Crippen LogP contribution in [-0.2, 0) is 4.79 Å². The number of rotatable bonds is 1. The Kier molecular flexibility index (Phi) is 2.86. The normalized spacial score (nSPS) is 25.8. The van der Waals surface area contributed by atoms with Crippen LogP contribution in [0.2, 0.25) is 0 Å². The van der Waals surface area contributed by atoms with Gasteiger partial charge in [-0.05, 0) is 33.8 Å². The Morgan fingerprint density at radius 3 is 2.84 bits per heavy atom. The average molecular weight is 344 g/mol. The molecule has 3 rings (SSSR count). The van der Waals surface area contributed by atoms with Gasteiger partial charge in [-0.15, -0.1) is 11.3 Å². The van der Waals surface area contributed by atoms with E-state index in [-0.39, 0.29) is 18.4 Å². The Hall–Kier alpha value is -1.41. The minimum atomic E-state index is -0.948. The van der Waals surface area contributed by atoms with E-state index in [1.807, 2.05) is 11.4 Å². The first kappa shape index (κ1) is 12.6. The van der Waals surface area contributed by atoms with Gasteiger partial charge in [-0.3, -0.25) is 14.9 Å². The zero-order valence-corrected chi connectivity index (χ0v) is 12.1. The fourth-order valence-electron chi connectivity index (χ4n) is 2.39. The topological polar surface area (TPSA) is 78.5 Å². The Bertz CT molecular complexity index is 587. The first-order valence-electron chi connectivity index (χ1n) is 5.68. The van der Waals surface area contributed by atoms with Gasteiger partial charge in [0.15, 0.2) is 0 Å². The highest BCUT2D eigenvalue weighted by molar-refractivity contribution is 9.10. The molecule has 100 valence electrons. The summed E-state index contributed by atoms with van der Waals surface area (Å²) in [4.78, 5) is 37.5. The van der Waals surface area contributed by atoms with Crippen LogP contribution < -0.4 is 10.6 Å². The molecule has 0 aliphatic carbocycles. The van der Waals surface area contributed by atoms with Gasteiger partial charge in [-0.1, -0.05) is 0 Å². The third-order valence-electron chi connectivity index (χ3n) is 3.38. The summed E-state index contributed by atoms with van der Waals surface area (Å²) in [5.74, 6) is -0.467. The second-order valence-corrected chi connectivity index (χ2v) is 6.34. The molecule has 0 bridgehead atoms. The summed E-state index contributed by atoms with van der Waals surface area (Å²) in [5, 5.41) is 6.67. The maximum atomic E-state index is 12.3. The summed E-state index contributed by atoms with van der Waals surface area (Å²) >= 11 is 4.68. The number of amides is 4. The second kappa shape index (κ2) is 4.31. The van der Waals surface area contributed by atoms with Crippen molar-refractivity contribution < 1.29 is 14.4 Å². The maximum Gasteiger partial charge on any atom is 0.322 e. The molecule has 8 heteroatoms. The second-order valence-electron chi connectivity index (χ2n) is 4.56. The lowest BCUT2D eigenvalue weighted by atomic mass is 10.00. The van der Waals surface area contributed by atoms with Crippen molar-refractivity contribution in [3.63, 3.8) is 0 Å². The highest BCUT2D eigenvalue weighted by atomic mass is 79.9. The van der Waals surface area contributed by atoms with Crippen LogP contribution >= 0.6 is 27.3 Å². The van der Waals surface area contributed by atoms with Gasteiger partial charge in [0.2, 0.25) is 0 Å². The zero-order chi connectivity index (χ0) is 13.6. The van der Waals surface area contributed by atoms with Gasteiger partial charge >= 0.3 is 6.03 Å². The standard InChI is InChI=1S/C11H10BrN3O3S/c12-6-1-4-19-7(6)8(16)15-3-2-11(5-15)9(17)13-10(18)14-11/h1,4H,2-3,5H2,(H2,13,14,17,18). The molecular formula is C11H10BrN3O3S. The molecular weight excluding hydrogens is 334 g/mol. The van der Waals surface area contributed by atoms with Crippen LogP contribution in [0.1, 0.15) is 16.1 Å². The van der Waals surface area contributed by atoms with Crippen LogP contribution in [0.15, 0.2) is 15.9 Å².